The zero-order valence-electron chi connectivity index (χ0n) is 19.6. The topological polar surface area (TPSA) is 93.7 Å². The van der Waals surface area contributed by atoms with Crippen LogP contribution in [0.4, 0.5) is 5.69 Å². The smallest absolute Gasteiger partial charge is 0.344 e. The van der Waals surface area contributed by atoms with E-state index in [9.17, 15) is 19.7 Å². The number of benzene rings is 3. The Labute approximate surface area is 207 Å². The van der Waals surface area contributed by atoms with Crippen molar-refractivity contribution in [2.75, 3.05) is 13.1 Å². The lowest BCUT2D eigenvalue weighted by Crippen LogP contribution is -2.41. The summed E-state index contributed by atoms with van der Waals surface area (Å²) in [6, 6.07) is 21.3. The molecule has 1 aliphatic carbocycles. The first-order valence-electron chi connectivity index (χ1n) is 12.2. The lowest BCUT2D eigenvalue weighted by molar-refractivity contribution is -0.384. The zero-order chi connectivity index (χ0) is 24.8. The van der Waals surface area contributed by atoms with Gasteiger partial charge in [-0.1, -0.05) is 54.6 Å². The van der Waals surface area contributed by atoms with E-state index in [4.69, 9.17) is 4.42 Å². The van der Waals surface area contributed by atoms with E-state index >= 15 is 0 Å². The van der Waals surface area contributed by atoms with Gasteiger partial charge in [0.15, 0.2) is 0 Å². The van der Waals surface area contributed by atoms with E-state index in [0.29, 0.717) is 24.2 Å². The number of hydrogen-bond acceptors (Lipinski definition) is 5. The minimum Gasteiger partial charge on any atom is -0.422 e. The Morgan fingerprint density at radius 2 is 1.56 bits per heavy atom. The fourth-order valence-corrected chi connectivity index (χ4v) is 5.80. The van der Waals surface area contributed by atoms with Gasteiger partial charge in [0, 0.05) is 42.3 Å². The molecule has 1 fully saturated rings. The highest BCUT2D eigenvalue weighted by Gasteiger charge is 2.43. The molecule has 0 bridgehead atoms. The SMILES string of the molecule is O=C(C1c2ccccc2-c2oc(=O)c3ccccc3c2C1c1ccc([N+](=O)[O-])cc1)N1CCCCC1. The highest BCUT2D eigenvalue weighted by molar-refractivity contribution is 5.97. The standard InChI is InChI=1S/C29H24N2O5/c32-28(30-16-6-1-7-17-30)26-20-8-2-4-10-22(20)27-25(21-9-3-5-11-23(21)29(33)36-27)24(26)18-12-14-19(15-13-18)31(34)35/h2-5,8-15,24,26H,1,6-7,16-17H2. The Morgan fingerprint density at radius 3 is 2.28 bits per heavy atom. The molecular weight excluding hydrogens is 456 g/mol. The third-order valence-corrected chi connectivity index (χ3v) is 7.46. The van der Waals surface area contributed by atoms with Gasteiger partial charge in [-0.3, -0.25) is 14.9 Å². The molecule has 180 valence electrons. The Kier molecular flexibility index (Phi) is 5.40. The maximum atomic E-state index is 14.2. The molecule has 2 aliphatic rings. The highest BCUT2D eigenvalue weighted by Crippen LogP contribution is 2.52. The average molecular weight is 481 g/mol. The first-order valence-corrected chi connectivity index (χ1v) is 12.2. The largest absolute Gasteiger partial charge is 0.422 e. The van der Waals surface area contributed by atoms with Gasteiger partial charge >= 0.3 is 5.63 Å². The van der Waals surface area contributed by atoms with Crippen LogP contribution >= 0.6 is 0 Å². The third-order valence-electron chi connectivity index (χ3n) is 7.46. The molecule has 6 rings (SSSR count). The van der Waals surface area contributed by atoms with Crippen LogP contribution in [0.2, 0.25) is 0 Å². The molecule has 7 nitrogen and oxygen atoms in total. The van der Waals surface area contributed by atoms with Crippen LogP contribution in [-0.4, -0.2) is 28.8 Å². The quantitative estimate of drug-likeness (QED) is 0.281. The maximum Gasteiger partial charge on any atom is 0.344 e. The number of nitrogens with zero attached hydrogens (tertiary/aromatic N) is 2. The van der Waals surface area contributed by atoms with Gasteiger partial charge in [-0.15, -0.1) is 0 Å². The molecule has 1 saturated heterocycles. The predicted octanol–water partition coefficient (Wildman–Crippen LogP) is 5.61. The van der Waals surface area contributed by atoms with Gasteiger partial charge in [-0.2, -0.15) is 0 Å². The second-order valence-electron chi connectivity index (χ2n) is 9.46. The van der Waals surface area contributed by atoms with Crippen LogP contribution in [0.15, 0.2) is 82.0 Å². The van der Waals surface area contributed by atoms with Crippen molar-refractivity contribution in [1.82, 2.24) is 4.90 Å². The lowest BCUT2D eigenvalue weighted by Gasteiger charge is -2.38. The third kappa shape index (κ3) is 3.50. The Bertz CT molecular complexity index is 1550. The van der Waals surface area contributed by atoms with E-state index in [1.807, 2.05) is 41.3 Å². The molecule has 1 aliphatic heterocycles. The summed E-state index contributed by atoms with van der Waals surface area (Å²) in [5.74, 6) is -0.532. The monoisotopic (exact) mass is 480 g/mol. The van der Waals surface area contributed by atoms with Crippen molar-refractivity contribution in [3.63, 3.8) is 0 Å². The zero-order valence-corrected chi connectivity index (χ0v) is 19.6. The molecule has 1 amide bonds. The fourth-order valence-electron chi connectivity index (χ4n) is 5.80. The Balaban J connectivity index is 1.66. The number of nitro benzene ring substituents is 1. The van der Waals surface area contributed by atoms with E-state index in [1.165, 1.54) is 12.1 Å². The molecule has 1 aromatic heterocycles. The number of carbonyl (C=O) groups excluding carboxylic acids is 1. The first-order chi connectivity index (χ1) is 17.5. The van der Waals surface area contributed by atoms with Crippen LogP contribution in [0.25, 0.3) is 22.1 Å². The average Bonchev–Trinajstić information content (AvgIpc) is 2.93. The van der Waals surface area contributed by atoms with Crippen LogP contribution in [0.5, 0.6) is 0 Å². The van der Waals surface area contributed by atoms with Gasteiger partial charge in [-0.25, -0.2) is 4.79 Å². The minimum absolute atomic E-state index is 0.0152. The predicted molar refractivity (Wildman–Crippen MR) is 136 cm³/mol. The summed E-state index contributed by atoms with van der Waals surface area (Å²) in [7, 11) is 0. The summed E-state index contributed by atoms with van der Waals surface area (Å²) in [6.07, 6.45) is 3.04. The van der Waals surface area contributed by atoms with E-state index in [2.05, 4.69) is 0 Å². The normalized spacial score (nSPS) is 18.9. The summed E-state index contributed by atoms with van der Waals surface area (Å²) < 4.78 is 5.94. The molecule has 2 heterocycles. The summed E-state index contributed by atoms with van der Waals surface area (Å²) in [6.45, 7) is 1.42. The first kappa shape index (κ1) is 22.2. The van der Waals surface area contributed by atoms with Crippen molar-refractivity contribution >= 4 is 22.4 Å². The highest BCUT2D eigenvalue weighted by atomic mass is 16.6. The van der Waals surface area contributed by atoms with Gasteiger partial charge in [-0.05, 0) is 41.8 Å². The molecule has 3 aromatic carbocycles. The van der Waals surface area contributed by atoms with Gasteiger partial charge < -0.3 is 9.32 Å². The number of rotatable bonds is 3. The number of nitro groups is 1. The van der Waals surface area contributed by atoms with Crippen LogP contribution < -0.4 is 5.63 Å². The summed E-state index contributed by atoms with van der Waals surface area (Å²) in [5.41, 5.74) is 2.64. The fraction of sp³-hybridized carbons (Fsp3) is 0.241. The second-order valence-corrected chi connectivity index (χ2v) is 9.46. The van der Waals surface area contributed by atoms with E-state index in [0.717, 1.165) is 46.9 Å². The molecule has 0 saturated carbocycles. The number of fused-ring (bicyclic) bond motifs is 5. The van der Waals surface area contributed by atoms with Crippen molar-refractivity contribution in [3.8, 4) is 11.3 Å². The van der Waals surface area contributed by atoms with Crippen molar-refractivity contribution < 1.29 is 14.1 Å². The van der Waals surface area contributed by atoms with Gasteiger partial charge in [0.25, 0.3) is 5.69 Å². The summed E-state index contributed by atoms with van der Waals surface area (Å²) >= 11 is 0. The molecule has 2 unspecified atom stereocenters. The summed E-state index contributed by atoms with van der Waals surface area (Å²) in [5, 5.41) is 12.5. The maximum absolute atomic E-state index is 14.2. The Morgan fingerprint density at radius 1 is 0.889 bits per heavy atom. The van der Waals surface area contributed by atoms with Crippen molar-refractivity contribution in [1.29, 1.82) is 0 Å². The van der Waals surface area contributed by atoms with Crippen LogP contribution in [-0.2, 0) is 4.79 Å². The second kappa shape index (κ2) is 8.75. The molecule has 36 heavy (non-hydrogen) atoms. The molecule has 0 spiro atoms. The van der Waals surface area contributed by atoms with Crippen LogP contribution in [0.1, 0.15) is 47.8 Å². The van der Waals surface area contributed by atoms with Crippen LogP contribution in [0.3, 0.4) is 0 Å². The summed E-state index contributed by atoms with van der Waals surface area (Å²) in [4.78, 5) is 40.0. The number of amides is 1. The van der Waals surface area contributed by atoms with Crippen LogP contribution in [0, 0.1) is 10.1 Å². The van der Waals surface area contributed by atoms with E-state index in [1.54, 1.807) is 24.3 Å². The minimum atomic E-state index is -0.552. The Hall–Kier alpha value is -4.26. The van der Waals surface area contributed by atoms with E-state index < -0.39 is 22.4 Å². The molecule has 7 heteroatoms. The molecule has 0 radical (unpaired) electrons. The van der Waals surface area contributed by atoms with E-state index in [-0.39, 0.29) is 11.6 Å². The van der Waals surface area contributed by atoms with Crippen molar-refractivity contribution in [2.45, 2.75) is 31.1 Å². The molecule has 0 N–H and O–H groups in total. The van der Waals surface area contributed by atoms with Crippen molar-refractivity contribution in [3.05, 3.63) is 110 Å². The molecule has 2 atom stereocenters. The number of non-ortho nitro benzene ring substituents is 1. The van der Waals surface area contributed by atoms with Crippen molar-refractivity contribution in [2.24, 2.45) is 0 Å². The number of hydrogen-bond donors (Lipinski definition) is 0. The lowest BCUT2D eigenvalue weighted by atomic mass is 9.69. The molecular formula is C29H24N2O5. The molecule has 4 aromatic rings. The van der Waals surface area contributed by atoms with Gasteiger partial charge in [0.05, 0.1) is 16.2 Å². The van der Waals surface area contributed by atoms with Gasteiger partial charge in [0.1, 0.15) is 5.76 Å². The number of carbonyl (C=O) groups is 1. The van der Waals surface area contributed by atoms with Gasteiger partial charge in [0.2, 0.25) is 5.91 Å². The number of piperidine rings is 1. The number of likely N-dealkylation sites (tertiary alicyclic amines) is 1.